The van der Waals surface area contributed by atoms with Gasteiger partial charge in [0.2, 0.25) is 0 Å². The molecule has 0 amide bonds. The first-order chi connectivity index (χ1) is 13.1. The zero-order valence-electron chi connectivity index (χ0n) is 15.0. The molecular weight excluding hydrogens is 404 g/mol. The quantitative estimate of drug-likeness (QED) is 0.434. The molecule has 0 N–H and O–H groups in total. The molecule has 0 spiro atoms. The second-order valence-electron chi connectivity index (χ2n) is 6.76. The fraction of sp³-hybridized carbons (Fsp3) is 0.200. The van der Waals surface area contributed by atoms with Crippen molar-refractivity contribution < 1.29 is 0 Å². The van der Waals surface area contributed by atoms with Gasteiger partial charge in [-0.2, -0.15) is 5.10 Å². The Hall–Kier alpha value is -2.80. The number of pyridine rings is 1. The Morgan fingerprint density at radius 3 is 2.85 bits per heavy atom. The molecule has 0 aliphatic carbocycles. The highest BCUT2D eigenvalue weighted by Gasteiger charge is 2.24. The molecule has 0 atom stereocenters. The second-order valence-corrected chi connectivity index (χ2v) is 7.68. The number of aromatic nitrogens is 6. The lowest BCUT2D eigenvalue weighted by Crippen LogP contribution is -2.06. The van der Waals surface area contributed by atoms with Crippen molar-refractivity contribution in [3.63, 3.8) is 0 Å². The summed E-state index contributed by atoms with van der Waals surface area (Å²) < 4.78 is 5.12. The number of hydrogen-bond acceptors (Lipinski definition) is 4. The highest BCUT2D eigenvalue weighted by Crippen LogP contribution is 2.33. The van der Waals surface area contributed by atoms with Crippen LogP contribution in [-0.4, -0.2) is 29.3 Å². The van der Waals surface area contributed by atoms with Gasteiger partial charge in [0.15, 0.2) is 11.6 Å². The van der Waals surface area contributed by atoms with E-state index < -0.39 is 0 Å². The molecule has 7 heteroatoms. The van der Waals surface area contributed by atoms with Crippen molar-refractivity contribution in [3.8, 4) is 17.1 Å². The van der Waals surface area contributed by atoms with E-state index in [9.17, 15) is 0 Å². The third-order valence-corrected chi connectivity index (χ3v) is 5.33. The van der Waals surface area contributed by atoms with Gasteiger partial charge in [-0.1, -0.05) is 22.0 Å². The lowest BCUT2D eigenvalue weighted by Gasteiger charge is -2.08. The number of nitrogens with zero attached hydrogens (tertiary/aromatic N) is 6. The number of rotatable bonds is 2. The zero-order chi connectivity index (χ0) is 18.5. The summed E-state index contributed by atoms with van der Waals surface area (Å²) >= 11 is 3.59. The van der Waals surface area contributed by atoms with Crippen molar-refractivity contribution in [2.75, 3.05) is 0 Å². The van der Waals surface area contributed by atoms with Crippen molar-refractivity contribution in [1.29, 1.82) is 0 Å². The van der Waals surface area contributed by atoms with Crippen LogP contribution >= 0.6 is 15.9 Å². The van der Waals surface area contributed by atoms with Gasteiger partial charge in [0, 0.05) is 21.4 Å². The van der Waals surface area contributed by atoms with Gasteiger partial charge in [-0.05, 0) is 44.2 Å². The molecule has 1 aliphatic rings. The molecule has 3 aromatic heterocycles. The smallest absolute Gasteiger partial charge is 0.160 e. The van der Waals surface area contributed by atoms with Gasteiger partial charge in [0.1, 0.15) is 0 Å². The number of aryl methyl sites for hydroxylation is 2. The van der Waals surface area contributed by atoms with Gasteiger partial charge < -0.3 is 4.57 Å². The molecule has 6 nitrogen and oxygen atoms in total. The number of imidazole rings is 1. The minimum atomic E-state index is 0.614. The lowest BCUT2D eigenvalue weighted by molar-refractivity contribution is 0.663. The Balaban J connectivity index is 1.65. The number of benzene rings is 1. The SMILES string of the molecule is Cc1cccc(Cc2nc3n(n2)Cc2c(C)ncn2-c2ccc(Br)cc2-3)n1. The fourth-order valence-electron chi connectivity index (χ4n) is 3.53. The molecule has 0 unspecified atom stereocenters. The standard InChI is InChI=1S/C20H17BrN6/c1-12-4-3-5-15(23-12)9-19-24-20-16-8-14(21)6-7-17(16)26-11-22-13(2)18(26)10-27(20)25-19/h3-8,11H,9-10H2,1-2H3. The van der Waals surface area contributed by atoms with Gasteiger partial charge in [0.05, 0.1) is 36.4 Å². The van der Waals surface area contributed by atoms with Gasteiger partial charge in [-0.25, -0.2) is 14.6 Å². The van der Waals surface area contributed by atoms with Crippen molar-refractivity contribution in [3.05, 3.63) is 75.8 Å². The van der Waals surface area contributed by atoms with Crippen LogP contribution in [0.15, 0.2) is 47.2 Å². The van der Waals surface area contributed by atoms with Crippen molar-refractivity contribution in [2.45, 2.75) is 26.8 Å². The number of halogens is 1. The highest BCUT2D eigenvalue weighted by atomic mass is 79.9. The fourth-order valence-corrected chi connectivity index (χ4v) is 3.89. The van der Waals surface area contributed by atoms with E-state index in [-0.39, 0.29) is 0 Å². The maximum Gasteiger partial charge on any atom is 0.160 e. The summed E-state index contributed by atoms with van der Waals surface area (Å²) in [5.41, 5.74) is 6.22. The Morgan fingerprint density at radius 1 is 1.11 bits per heavy atom. The molecule has 27 heavy (non-hydrogen) atoms. The van der Waals surface area contributed by atoms with E-state index in [1.165, 1.54) is 0 Å². The molecular formula is C20H17BrN6. The summed E-state index contributed by atoms with van der Waals surface area (Å²) in [7, 11) is 0. The van der Waals surface area contributed by atoms with Gasteiger partial charge in [0.25, 0.3) is 0 Å². The molecule has 4 heterocycles. The summed E-state index contributed by atoms with van der Waals surface area (Å²) in [6, 6.07) is 12.3. The first-order valence-corrected chi connectivity index (χ1v) is 9.57. The van der Waals surface area contributed by atoms with Gasteiger partial charge >= 0.3 is 0 Å². The van der Waals surface area contributed by atoms with Gasteiger partial charge in [-0.3, -0.25) is 4.98 Å². The van der Waals surface area contributed by atoms with E-state index >= 15 is 0 Å². The third kappa shape index (κ3) is 2.78. The predicted octanol–water partition coefficient (Wildman–Crippen LogP) is 3.86. The van der Waals surface area contributed by atoms with E-state index in [4.69, 9.17) is 10.1 Å². The zero-order valence-corrected chi connectivity index (χ0v) is 16.6. The summed E-state index contributed by atoms with van der Waals surface area (Å²) in [6.07, 6.45) is 2.49. The minimum Gasteiger partial charge on any atom is -0.300 e. The summed E-state index contributed by atoms with van der Waals surface area (Å²) in [5, 5.41) is 4.79. The van der Waals surface area contributed by atoms with Crippen LogP contribution in [0.5, 0.6) is 0 Å². The Kier molecular flexibility index (Phi) is 3.72. The lowest BCUT2D eigenvalue weighted by atomic mass is 10.1. The van der Waals surface area contributed by atoms with Crippen LogP contribution in [0.3, 0.4) is 0 Å². The maximum absolute atomic E-state index is 4.87. The number of hydrogen-bond donors (Lipinski definition) is 0. The third-order valence-electron chi connectivity index (χ3n) is 4.83. The monoisotopic (exact) mass is 420 g/mol. The van der Waals surface area contributed by atoms with E-state index in [2.05, 4.69) is 42.6 Å². The number of fused-ring (bicyclic) bond motifs is 5. The van der Waals surface area contributed by atoms with Crippen LogP contribution in [0.1, 0.15) is 28.6 Å². The maximum atomic E-state index is 4.87. The Morgan fingerprint density at radius 2 is 2.00 bits per heavy atom. The van der Waals surface area contributed by atoms with E-state index in [0.717, 1.165) is 50.1 Å². The van der Waals surface area contributed by atoms with Crippen molar-refractivity contribution >= 4 is 15.9 Å². The highest BCUT2D eigenvalue weighted by molar-refractivity contribution is 9.10. The van der Waals surface area contributed by atoms with Crippen LogP contribution in [0, 0.1) is 13.8 Å². The molecule has 0 saturated heterocycles. The molecule has 1 aromatic carbocycles. The first-order valence-electron chi connectivity index (χ1n) is 8.78. The normalized spacial score (nSPS) is 12.3. The first kappa shape index (κ1) is 16.4. The molecule has 0 bridgehead atoms. The molecule has 0 saturated carbocycles. The summed E-state index contributed by atoms with van der Waals surface area (Å²) in [4.78, 5) is 13.9. The molecule has 4 aromatic rings. The van der Waals surface area contributed by atoms with Crippen LogP contribution in [0.2, 0.25) is 0 Å². The van der Waals surface area contributed by atoms with E-state index in [0.29, 0.717) is 13.0 Å². The van der Waals surface area contributed by atoms with E-state index in [1.54, 1.807) is 0 Å². The van der Waals surface area contributed by atoms with Crippen LogP contribution in [0.4, 0.5) is 0 Å². The molecule has 0 radical (unpaired) electrons. The average molecular weight is 421 g/mol. The topological polar surface area (TPSA) is 61.4 Å². The van der Waals surface area contributed by atoms with Crippen LogP contribution in [0.25, 0.3) is 17.1 Å². The van der Waals surface area contributed by atoms with Crippen molar-refractivity contribution in [2.24, 2.45) is 0 Å². The molecule has 1 aliphatic heterocycles. The van der Waals surface area contributed by atoms with Crippen LogP contribution in [-0.2, 0) is 13.0 Å². The summed E-state index contributed by atoms with van der Waals surface area (Å²) in [6.45, 7) is 4.67. The average Bonchev–Trinajstić information content (AvgIpc) is 3.16. The largest absolute Gasteiger partial charge is 0.300 e. The van der Waals surface area contributed by atoms with Crippen molar-refractivity contribution in [1.82, 2.24) is 29.3 Å². The minimum absolute atomic E-state index is 0.614. The van der Waals surface area contributed by atoms with E-state index in [1.807, 2.05) is 49.1 Å². The van der Waals surface area contributed by atoms with Gasteiger partial charge in [-0.15, -0.1) is 0 Å². The second kappa shape index (κ2) is 6.13. The predicted molar refractivity (Wildman–Crippen MR) is 106 cm³/mol. The Labute approximate surface area is 165 Å². The summed E-state index contributed by atoms with van der Waals surface area (Å²) in [5.74, 6) is 1.65. The molecule has 134 valence electrons. The molecule has 0 fully saturated rings. The molecule has 5 rings (SSSR count). The van der Waals surface area contributed by atoms with Crippen LogP contribution < -0.4 is 0 Å². The Bertz CT molecular complexity index is 1170.